The summed E-state index contributed by atoms with van der Waals surface area (Å²) in [7, 11) is 0. The lowest BCUT2D eigenvalue weighted by Crippen LogP contribution is -2.31. The first-order valence-corrected chi connectivity index (χ1v) is 9.75. The van der Waals surface area contributed by atoms with E-state index in [0.717, 1.165) is 19.5 Å². The van der Waals surface area contributed by atoms with Gasteiger partial charge in [0, 0.05) is 31.5 Å². The second-order valence-electron chi connectivity index (χ2n) is 7.15. The number of rotatable bonds is 6. The van der Waals surface area contributed by atoms with Crippen LogP contribution in [0.15, 0.2) is 72.9 Å². The average Bonchev–Trinajstić information content (AvgIpc) is 3.24. The summed E-state index contributed by atoms with van der Waals surface area (Å²) in [6.45, 7) is 2.49. The molecule has 6 heteroatoms. The van der Waals surface area contributed by atoms with E-state index in [1.54, 1.807) is 36.5 Å². The van der Waals surface area contributed by atoms with Gasteiger partial charge in [0.25, 0.3) is 5.91 Å². The Morgan fingerprint density at radius 1 is 1.07 bits per heavy atom. The molecule has 1 aliphatic heterocycles. The minimum absolute atomic E-state index is 0.213. The van der Waals surface area contributed by atoms with Gasteiger partial charge in [-0.05, 0) is 48.7 Å². The minimum atomic E-state index is -0.392. The highest BCUT2D eigenvalue weighted by Gasteiger charge is 2.23. The number of benzene rings is 2. The van der Waals surface area contributed by atoms with Crippen LogP contribution in [0.4, 0.5) is 21.6 Å². The summed E-state index contributed by atoms with van der Waals surface area (Å²) in [5.74, 6) is 0.123. The molecule has 3 aromatic rings. The first kappa shape index (κ1) is 18.9. The van der Waals surface area contributed by atoms with Crippen LogP contribution in [-0.4, -0.2) is 30.5 Å². The van der Waals surface area contributed by atoms with Crippen molar-refractivity contribution in [2.24, 2.45) is 5.92 Å². The monoisotopic (exact) mass is 390 g/mol. The lowest BCUT2D eigenvalue weighted by Gasteiger charge is -2.19. The van der Waals surface area contributed by atoms with Crippen LogP contribution in [-0.2, 0) is 0 Å². The number of carbonyl (C=O) groups excluding carboxylic acids is 1. The first-order chi connectivity index (χ1) is 14.2. The molecule has 148 valence electrons. The summed E-state index contributed by atoms with van der Waals surface area (Å²) in [5.41, 5.74) is 1.90. The fourth-order valence-corrected chi connectivity index (χ4v) is 3.58. The Morgan fingerprint density at radius 2 is 1.86 bits per heavy atom. The van der Waals surface area contributed by atoms with Gasteiger partial charge in [0.2, 0.25) is 0 Å². The number of carbonyl (C=O) groups is 1. The summed E-state index contributed by atoms with van der Waals surface area (Å²) in [5, 5.41) is 5.94. The Bertz CT molecular complexity index is 979. The standard InChI is InChI=1S/C23H23FN4O/c24-20-10-4-5-11-21(20)27-22-19(9-6-13-25-22)23(29)26-15-17-12-14-28(16-17)18-7-2-1-3-8-18/h1-11,13,17H,12,14-16H2,(H,25,27)(H,26,29)/t17-/m1/s1. The van der Waals surface area contributed by atoms with E-state index in [9.17, 15) is 9.18 Å². The largest absolute Gasteiger partial charge is 0.371 e. The van der Waals surface area contributed by atoms with Crippen molar-refractivity contribution in [3.8, 4) is 0 Å². The van der Waals surface area contributed by atoms with E-state index < -0.39 is 5.82 Å². The second-order valence-corrected chi connectivity index (χ2v) is 7.15. The van der Waals surface area contributed by atoms with Crippen molar-refractivity contribution in [2.45, 2.75) is 6.42 Å². The number of hydrogen-bond acceptors (Lipinski definition) is 4. The fourth-order valence-electron chi connectivity index (χ4n) is 3.58. The van der Waals surface area contributed by atoms with E-state index in [2.05, 4.69) is 32.7 Å². The molecule has 2 heterocycles. The van der Waals surface area contributed by atoms with Gasteiger partial charge in [-0.1, -0.05) is 30.3 Å². The van der Waals surface area contributed by atoms with Gasteiger partial charge in [-0.25, -0.2) is 9.37 Å². The second kappa shape index (κ2) is 8.73. The Labute approximate surface area is 169 Å². The first-order valence-electron chi connectivity index (χ1n) is 9.75. The van der Waals surface area contributed by atoms with Crippen molar-refractivity contribution in [3.05, 3.63) is 84.3 Å². The number of pyridine rings is 1. The number of anilines is 3. The molecule has 2 aromatic carbocycles. The van der Waals surface area contributed by atoms with E-state index in [-0.39, 0.29) is 11.6 Å². The number of para-hydroxylation sites is 2. The van der Waals surface area contributed by atoms with Crippen molar-refractivity contribution >= 4 is 23.1 Å². The number of halogens is 1. The van der Waals surface area contributed by atoms with Crippen LogP contribution in [0.25, 0.3) is 0 Å². The molecule has 0 saturated carbocycles. The molecule has 5 nitrogen and oxygen atoms in total. The predicted molar refractivity (Wildman–Crippen MR) is 113 cm³/mol. The van der Waals surface area contributed by atoms with Crippen molar-refractivity contribution in [2.75, 3.05) is 29.9 Å². The van der Waals surface area contributed by atoms with E-state index in [1.807, 2.05) is 18.2 Å². The SMILES string of the molecule is O=C(NC[C@H]1CCN(c2ccccc2)C1)c1cccnc1Nc1ccccc1F. The molecule has 0 aliphatic carbocycles. The topological polar surface area (TPSA) is 57.3 Å². The van der Waals surface area contributed by atoms with Crippen LogP contribution in [0.5, 0.6) is 0 Å². The molecule has 1 atom stereocenters. The van der Waals surface area contributed by atoms with Crippen LogP contribution in [0.3, 0.4) is 0 Å². The zero-order valence-electron chi connectivity index (χ0n) is 16.0. The third-order valence-corrected chi connectivity index (χ3v) is 5.14. The lowest BCUT2D eigenvalue weighted by molar-refractivity contribution is 0.0949. The minimum Gasteiger partial charge on any atom is -0.371 e. The molecule has 4 rings (SSSR count). The van der Waals surface area contributed by atoms with E-state index in [4.69, 9.17) is 0 Å². The van der Waals surface area contributed by atoms with Crippen molar-refractivity contribution in [3.63, 3.8) is 0 Å². The van der Waals surface area contributed by atoms with Gasteiger partial charge in [0.1, 0.15) is 11.6 Å². The molecule has 2 N–H and O–H groups in total. The van der Waals surface area contributed by atoms with Gasteiger partial charge in [0.15, 0.2) is 0 Å². The fraction of sp³-hybridized carbons (Fsp3) is 0.217. The van der Waals surface area contributed by atoms with Crippen LogP contribution >= 0.6 is 0 Å². The Kier molecular flexibility index (Phi) is 5.70. The smallest absolute Gasteiger partial charge is 0.255 e. The molecule has 0 unspecified atom stereocenters. The third-order valence-electron chi connectivity index (χ3n) is 5.14. The Hall–Kier alpha value is -3.41. The number of nitrogens with one attached hydrogen (secondary N) is 2. The van der Waals surface area contributed by atoms with Gasteiger partial charge in [0.05, 0.1) is 11.3 Å². The highest BCUT2D eigenvalue weighted by Crippen LogP contribution is 2.24. The molecule has 1 aromatic heterocycles. The molecule has 1 aliphatic rings. The quantitative estimate of drug-likeness (QED) is 0.662. The normalized spacial score (nSPS) is 15.9. The van der Waals surface area contributed by atoms with Gasteiger partial charge in [-0.15, -0.1) is 0 Å². The van der Waals surface area contributed by atoms with Crippen molar-refractivity contribution in [1.82, 2.24) is 10.3 Å². The molecule has 1 saturated heterocycles. The highest BCUT2D eigenvalue weighted by atomic mass is 19.1. The molecular weight excluding hydrogens is 367 g/mol. The molecule has 29 heavy (non-hydrogen) atoms. The van der Waals surface area contributed by atoms with Crippen molar-refractivity contribution < 1.29 is 9.18 Å². The summed E-state index contributed by atoms with van der Waals surface area (Å²) in [6.07, 6.45) is 2.61. The Balaban J connectivity index is 1.38. The lowest BCUT2D eigenvalue weighted by atomic mass is 10.1. The zero-order valence-corrected chi connectivity index (χ0v) is 16.0. The molecular formula is C23H23FN4O. The number of aromatic nitrogens is 1. The Morgan fingerprint density at radius 3 is 2.69 bits per heavy atom. The van der Waals surface area contributed by atoms with Gasteiger partial charge in [-0.3, -0.25) is 4.79 Å². The molecule has 0 spiro atoms. The number of amides is 1. The summed E-state index contributed by atoms with van der Waals surface area (Å²) < 4.78 is 13.9. The van der Waals surface area contributed by atoms with Crippen molar-refractivity contribution in [1.29, 1.82) is 0 Å². The van der Waals surface area contributed by atoms with Crippen LogP contribution in [0, 0.1) is 11.7 Å². The molecule has 1 fully saturated rings. The summed E-state index contributed by atoms with van der Waals surface area (Å²) in [6, 6.07) is 20.0. The third kappa shape index (κ3) is 4.54. The number of hydrogen-bond donors (Lipinski definition) is 2. The van der Waals surface area contributed by atoms with E-state index in [1.165, 1.54) is 11.8 Å². The molecule has 1 amide bonds. The number of nitrogens with zero attached hydrogens (tertiary/aromatic N) is 2. The van der Waals surface area contributed by atoms with Crippen LogP contribution in [0.1, 0.15) is 16.8 Å². The molecule has 0 bridgehead atoms. The van der Waals surface area contributed by atoms with E-state index in [0.29, 0.717) is 23.8 Å². The van der Waals surface area contributed by atoms with Crippen LogP contribution < -0.4 is 15.5 Å². The predicted octanol–water partition coefficient (Wildman–Crippen LogP) is 4.22. The molecule has 0 radical (unpaired) electrons. The zero-order chi connectivity index (χ0) is 20.1. The maximum Gasteiger partial charge on any atom is 0.255 e. The highest BCUT2D eigenvalue weighted by molar-refractivity contribution is 5.99. The maximum absolute atomic E-state index is 13.9. The summed E-state index contributed by atoms with van der Waals surface area (Å²) in [4.78, 5) is 19.3. The van der Waals surface area contributed by atoms with E-state index >= 15 is 0 Å². The summed E-state index contributed by atoms with van der Waals surface area (Å²) >= 11 is 0. The maximum atomic E-state index is 13.9. The van der Waals surface area contributed by atoms with Gasteiger partial charge >= 0.3 is 0 Å². The van der Waals surface area contributed by atoms with Gasteiger partial charge < -0.3 is 15.5 Å². The van der Waals surface area contributed by atoms with Gasteiger partial charge in [-0.2, -0.15) is 0 Å². The average molecular weight is 390 g/mol. The van der Waals surface area contributed by atoms with Crippen LogP contribution in [0.2, 0.25) is 0 Å².